The Labute approximate surface area is 106 Å². The van der Waals surface area contributed by atoms with Crippen LogP contribution in [0.25, 0.3) is 0 Å². The Balaban J connectivity index is 2.03. The lowest BCUT2D eigenvalue weighted by Gasteiger charge is -2.30. The predicted octanol–water partition coefficient (Wildman–Crippen LogP) is 3.82. The van der Waals surface area contributed by atoms with Crippen molar-refractivity contribution >= 4 is 23.1 Å². The maximum Gasteiger partial charge on any atom is 0.133 e. The number of nitrogens with zero attached hydrogens (tertiary/aromatic N) is 2. The molecule has 2 nitrogen and oxygen atoms in total. The summed E-state index contributed by atoms with van der Waals surface area (Å²) in [6.07, 6.45) is 4.02. The molecule has 2 aromatic rings. The number of halogens is 1. The second-order valence-corrected chi connectivity index (χ2v) is 4.65. The number of rotatable bonds is 1. The van der Waals surface area contributed by atoms with Crippen LogP contribution in [-0.4, -0.2) is 11.5 Å². The molecule has 0 aliphatic carbocycles. The van der Waals surface area contributed by atoms with Gasteiger partial charge < -0.3 is 4.90 Å². The smallest absolute Gasteiger partial charge is 0.133 e. The number of anilines is 2. The molecule has 3 heteroatoms. The zero-order valence-electron chi connectivity index (χ0n) is 9.44. The first-order valence-corrected chi connectivity index (χ1v) is 6.19. The molecule has 86 valence electrons. The van der Waals surface area contributed by atoms with Crippen LogP contribution in [0.4, 0.5) is 11.5 Å². The van der Waals surface area contributed by atoms with Gasteiger partial charge in [0.2, 0.25) is 0 Å². The molecule has 1 aliphatic rings. The van der Waals surface area contributed by atoms with Gasteiger partial charge in [-0.3, -0.25) is 0 Å². The number of benzene rings is 1. The minimum atomic E-state index is 0.680. The van der Waals surface area contributed by atoms with Crippen molar-refractivity contribution in [2.75, 3.05) is 11.4 Å². The summed E-state index contributed by atoms with van der Waals surface area (Å²) in [5.41, 5.74) is 2.67. The van der Waals surface area contributed by atoms with Crippen molar-refractivity contribution in [2.24, 2.45) is 0 Å². The Hall–Kier alpha value is -1.54. The average molecular weight is 245 g/mol. The molecule has 2 heterocycles. The van der Waals surface area contributed by atoms with E-state index in [1.807, 2.05) is 12.1 Å². The van der Waals surface area contributed by atoms with Gasteiger partial charge in [-0.05, 0) is 36.6 Å². The molecule has 0 bridgehead atoms. The van der Waals surface area contributed by atoms with Gasteiger partial charge in [0.15, 0.2) is 0 Å². The second-order valence-electron chi connectivity index (χ2n) is 4.22. The maximum atomic E-state index is 5.87. The van der Waals surface area contributed by atoms with Gasteiger partial charge in [0.05, 0.1) is 5.02 Å². The first kappa shape index (κ1) is 10.6. The van der Waals surface area contributed by atoms with Crippen LogP contribution in [0.15, 0.2) is 42.6 Å². The molecule has 1 aliphatic heterocycles. The highest BCUT2D eigenvalue weighted by atomic mass is 35.5. The summed E-state index contributed by atoms with van der Waals surface area (Å²) in [6, 6.07) is 12.4. The van der Waals surface area contributed by atoms with Gasteiger partial charge >= 0.3 is 0 Å². The van der Waals surface area contributed by atoms with Crippen LogP contribution in [-0.2, 0) is 6.42 Å². The van der Waals surface area contributed by atoms with Crippen LogP contribution in [0.1, 0.15) is 12.0 Å². The number of fused-ring (bicyclic) bond motifs is 1. The maximum absolute atomic E-state index is 5.87. The monoisotopic (exact) mass is 244 g/mol. The lowest BCUT2D eigenvalue weighted by molar-refractivity contribution is 0.760. The Kier molecular flexibility index (Phi) is 2.73. The summed E-state index contributed by atoms with van der Waals surface area (Å²) >= 11 is 5.87. The van der Waals surface area contributed by atoms with E-state index in [0.717, 1.165) is 18.8 Å². The van der Waals surface area contributed by atoms with E-state index >= 15 is 0 Å². The fourth-order valence-corrected chi connectivity index (χ4v) is 2.41. The van der Waals surface area contributed by atoms with Crippen molar-refractivity contribution in [2.45, 2.75) is 12.8 Å². The van der Waals surface area contributed by atoms with E-state index in [9.17, 15) is 0 Å². The molecule has 0 saturated heterocycles. The Morgan fingerprint density at radius 1 is 1.12 bits per heavy atom. The molecular formula is C14H13ClN2. The number of aryl methyl sites for hydroxylation is 1. The van der Waals surface area contributed by atoms with Crippen molar-refractivity contribution in [1.82, 2.24) is 4.98 Å². The molecular weight excluding hydrogens is 232 g/mol. The van der Waals surface area contributed by atoms with E-state index < -0.39 is 0 Å². The topological polar surface area (TPSA) is 16.1 Å². The second kappa shape index (κ2) is 4.38. The third kappa shape index (κ3) is 2.01. The number of hydrogen-bond donors (Lipinski definition) is 0. The molecule has 1 aromatic carbocycles. The molecule has 17 heavy (non-hydrogen) atoms. The molecule has 0 spiro atoms. The van der Waals surface area contributed by atoms with E-state index in [1.54, 1.807) is 6.20 Å². The molecule has 0 fully saturated rings. The van der Waals surface area contributed by atoms with Gasteiger partial charge in [0.25, 0.3) is 0 Å². The predicted molar refractivity (Wildman–Crippen MR) is 71.0 cm³/mol. The minimum absolute atomic E-state index is 0.680. The third-order valence-corrected chi connectivity index (χ3v) is 3.32. The Morgan fingerprint density at radius 2 is 2.00 bits per heavy atom. The summed E-state index contributed by atoms with van der Waals surface area (Å²) in [7, 11) is 0. The van der Waals surface area contributed by atoms with Gasteiger partial charge in [-0.1, -0.05) is 29.8 Å². The highest BCUT2D eigenvalue weighted by Crippen LogP contribution is 2.32. The Bertz CT molecular complexity index is 522. The fraction of sp³-hybridized carbons (Fsp3) is 0.214. The average Bonchev–Trinajstić information content (AvgIpc) is 2.39. The normalized spacial score (nSPS) is 14.5. The van der Waals surface area contributed by atoms with E-state index in [-0.39, 0.29) is 0 Å². The largest absolute Gasteiger partial charge is 0.326 e. The van der Waals surface area contributed by atoms with Crippen LogP contribution in [0.5, 0.6) is 0 Å². The van der Waals surface area contributed by atoms with Crippen LogP contribution < -0.4 is 4.90 Å². The molecule has 0 amide bonds. The van der Waals surface area contributed by atoms with Crippen LogP contribution in [0, 0.1) is 0 Å². The number of aromatic nitrogens is 1. The van der Waals surface area contributed by atoms with Gasteiger partial charge in [0.1, 0.15) is 5.82 Å². The number of hydrogen-bond acceptors (Lipinski definition) is 2. The molecule has 0 unspecified atom stereocenters. The molecule has 3 rings (SSSR count). The molecule has 0 saturated carbocycles. The van der Waals surface area contributed by atoms with Gasteiger partial charge in [-0.15, -0.1) is 0 Å². The summed E-state index contributed by atoms with van der Waals surface area (Å²) < 4.78 is 0. The number of pyridine rings is 1. The quantitative estimate of drug-likeness (QED) is 0.758. The van der Waals surface area contributed by atoms with Crippen LogP contribution >= 0.6 is 11.6 Å². The van der Waals surface area contributed by atoms with E-state index in [0.29, 0.717) is 5.02 Å². The third-order valence-electron chi connectivity index (χ3n) is 3.10. The van der Waals surface area contributed by atoms with Gasteiger partial charge in [-0.2, -0.15) is 0 Å². The summed E-state index contributed by atoms with van der Waals surface area (Å²) in [5.74, 6) is 0.974. The molecule has 0 radical (unpaired) electrons. The van der Waals surface area contributed by atoms with Crippen LogP contribution in [0.3, 0.4) is 0 Å². The van der Waals surface area contributed by atoms with Gasteiger partial charge in [0, 0.05) is 18.4 Å². The van der Waals surface area contributed by atoms with E-state index in [4.69, 9.17) is 11.6 Å². The highest BCUT2D eigenvalue weighted by Gasteiger charge is 2.18. The fourth-order valence-electron chi connectivity index (χ4n) is 2.30. The standard InChI is InChI=1S/C14H13ClN2/c15-12-7-8-14(16-10-12)17-9-3-5-11-4-1-2-6-13(11)17/h1-2,4,6-8,10H,3,5,9H2. The zero-order valence-corrected chi connectivity index (χ0v) is 10.2. The summed E-state index contributed by atoms with van der Waals surface area (Å²) in [4.78, 5) is 6.65. The van der Waals surface area contributed by atoms with Crippen molar-refractivity contribution in [3.63, 3.8) is 0 Å². The van der Waals surface area contributed by atoms with Crippen molar-refractivity contribution in [3.8, 4) is 0 Å². The lowest BCUT2D eigenvalue weighted by Crippen LogP contribution is -2.25. The van der Waals surface area contributed by atoms with Crippen molar-refractivity contribution in [1.29, 1.82) is 0 Å². The zero-order chi connectivity index (χ0) is 11.7. The van der Waals surface area contributed by atoms with Crippen molar-refractivity contribution in [3.05, 3.63) is 53.2 Å². The molecule has 0 atom stereocenters. The first-order chi connectivity index (χ1) is 8.34. The highest BCUT2D eigenvalue weighted by molar-refractivity contribution is 6.30. The first-order valence-electron chi connectivity index (χ1n) is 5.81. The van der Waals surface area contributed by atoms with E-state index in [2.05, 4.69) is 34.1 Å². The summed E-state index contributed by atoms with van der Waals surface area (Å²) in [5, 5.41) is 0.680. The van der Waals surface area contributed by atoms with E-state index in [1.165, 1.54) is 17.7 Å². The van der Waals surface area contributed by atoms with Gasteiger partial charge in [-0.25, -0.2) is 4.98 Å². The Morgan fingerprint density at radius 3 is 2.82 bits per heavy atom. The number of para-hydroxylation sites is 1. The van der Waals surface area contributed by atoms with Crippen molar-refractivity contribution < 1.29 is 0 Å². The SMILES string of the molecule is Clc1ccc(N2CCCc3ccccc32)nc1. The summed E-state index contributed by atoms with van der Waals surface area (Å²) in [6.45, 7) is 1.02. The van der Waals surface area contributed by atoms with Crippen LogP contribution in [0.2, 0.25) is 5.02 Å². The molecule has 0 N–H and O–H groups in total. The minimum Gasteiger partial charge on any atom is -0.326 e. The lowest BCUT2D eigenvalue weighted by atomic mass is 10.0. The molecule has 1 aromatic heterocycles.